The minimum Gasteiger partial charge on any atom is -0.383 e. The molecule has 1 heterocycles. The lowest BCUT2D eigenvalue weighted by Gasteiger charge is -2.30. The average Bonchev–Trinajstić information content (AvgIpc) is 2.21. The van der Waals surface area contributed by atoms with Gasteiger partial charge in [-0.15, -0.1) is 0 Å². The van der Waals surface area contributed by atoms with Gasteiger partial charge >= 0.3 is 0 Å². The molecule has 0 saturated carbocycles. The Morgan fingerprint density at radius 2 is 1.88 bits per heavy atom. The molecule has 3 N–H and O–H groups in total. The van der Waals surface area contributed by atoms with Gasteiger partial charge in [0.1, 0.15) is 16.8 Å². The molecule has 96 valence electrons. The lowest BCUT2D eigenvalue weighted by molar-refractivity contribution is 0.253. The highest BCUT2D eigenvalue weighted by atomic mass is 127. The van der Waals surface area contributed by atoms with Gasteiger partial charge in [0.15, 0.2) is 0 Å². The summed E-state index contributed by atoms with van der Waals surface area (Å²) in [7, 11) is 0. The number of hydrogen-bond acceptors (Lipinski definition) is 4. The monoisotopic (exact) mass is 368 g/mol. The molecule has 1 aliphatic heterocycles. The summed E-state index contributed by atoms with van der Waals surface area (Å²) in [5.41, 5.74) is 5.79. The lowest BCUT2D eigenvalue weighted by atomic mass is 10.2. The highest BCUT2D eigenvalue weighted by Gasteiger charge is 2.16. The van der Waals surface area contributed by atoms with Crippen molar-refractivity contribution in [2.24, 2.45) is 10.7 Å². The predicted molar refractivity (Wildman–Crippen MR) is 81.9 cm³/mol. The van der Waals surface area contributed by atoms with Crippen molar-refractivity contribution in [1.82, 2.24) is 10.2 Å². The van der Waals surface area contributed by atoms with Crippen molar-refractivity contribution in [1.29, 1.82) is 0 Å². The Kier molecular flexibility index (Phi) is 5.12. The molecular formula is C11H18ClIN4. The molecule has 0 atom stereocenters. The predicted octanol–water partition coefficient (Wildman–Crippen LogP) is 2.71. The molecule has 0 radical (unpaired) electrons. The third kappa shape index (κ3) is 3.77. The van der Waals surface area contributed by atoms with E-state index < -0.39 is 0 Å². The molecule has 6 heteroatoms. The Hall–Kier alpha value is -0.430. The second kappa shape index (κ2) is 5.95. The topological polar surface area (TPSA) is 53.6 Å². The third-order valence-corrected chi connectivity index (χ3v) is 4.05. The first-order valence-electron chi connectivity index (χ1n) is 5.49. The van der Waals surface area contributed by atoms with Gasteiger partial charge in [-0.1, -0.05) is 11.6 Å². The number of nitrogens with zero attached hydrogens (tertiary/aromatic N) is 2. The van der Waals surface area contributed by atoms with E-state index in [2.05, 4.69) is 65.5 Å². The number of amidine groups is 1. The van der Waals surface area contributed by atoms with E-state index in [0.717, 1.165) is 3.58 Å². The van der Waals surface area contributed by atoms with Crippen LogP contribution in [0.1, 0.15) is 27.7 Å². The van der Waals surface area contributed by atoms with Crippen LogP contribution in [0.4, 0.5) is 0 Å². The van der Waals surface area contributed by atoms with E-state index in [4.69, 9.17) is 17.3 Å². The fourth-order valence-electron chi connectivity index (χ4n) is 1.58. The first-order valence-corrected chi connectivity index (χ1v) is 6.94. The summed E-state index contributed by atoms with van der Waals surface area (Å²) < 4.78 is 0.752. The number of aliphatic imine (C=N–C) groups is 1. The fraction of sp³-hybridized carbons (Fsp3) is 0.545. The fourth-order valence-corrected chi connectivity index (χ4v) is 2.03. The van der Waals surface area contributed by atoms with E-state index in [0.29, 0.717) is 28.9 Å². The van der Waals surface area contributed by atoms with Gasteiger partial charge in [-0.05, 0) is 50.3 Å². The second-order valence-corrected chi connectivity index (χ2v) is 5.86. The van der Waals surface area contributed by atoms with Crippen LogP contribution in [-0.4, -0.2) is 22.8 Å². The van der Waals surface area contributed by atoms with Gasteiger partial charge < -0.3 is 16.0 Å². The lowest BCUT2D eigenvalue weighted by Crippen LogP contribution is -2.34. The van der Waals surface area contributed by atoms with Crippen LogP contribution in [0.25, 0.3) is 0 Å². The van der Waals surface area contributed by atoms with Crippen LogP contribution in [0.15, 0.2) is 25.7 Å². The van der Waals surface area contributed by atoms with Gasteiger partial charge in [0.2, 0.25) is 0 Å². The molecular weight excluding hydrogens is 351 g/mol. The van der Waals surface area contributed by atoms with Crippen LogP contribution in [0.2, 0.25) is 0 Å². The van der Waals surface area contributed by atoms with Gasteiger partial charge in [0, 0.05) is 18.3 Å². The number of nitrogens with one attached hydrogen (secondary N) is 1. The Bertz CT molecular complexity index is 377. The van der Waals surface area contributed by atoms with Crippen molar-refractivity contribution in [3.63, 3.8) is 0 Å². The minimum atomic E-state index is 0.393. The van der Waals surface area contributed by atoms with Gasteiger partial charge in [-0.2, -0.15) is 0 Å². The SMILES string of the molecule is CC(C)N(C=C1N=C(N)C(I)=C(Cl)N1)C(C)C. The number of nitrogens with two attached hydrogens (primary N) is 1. The molecule has 0 aromatic carbocycles. The molecule has 0 amide bonds. The molecule has 0 aliphatic carbocycles. The Morgan fingerprint density at radius 3 is 2.29 bits per heavy atom. The standard InChI is InChI=1S/C11H18ClIN4/c1-6(2)17(7(3)4)5-8-15-10(12)9(13)11(14)16-8/h5-7,15H,1-4H3,(H2,14,16). The number of rotatable bonds is 3. The van der Waals surface area contributed by atoms with E-state index in [9.17, 15) is 0 Å². The average molecular weight is 369 g/mol. The number of halogens is 2. The van der Waals surface area contributed by atoms with Crippen LogP contribution in [0, 0.1) is 0 Å². The van der Waals surface area contributed by atoms with Crippen LogP contribution >= 0.6 is 34.2 Å². The van der Waals surface area contributed by atoms with Crippen LogP contribution in [0.3, 0.4) is 0 Å². The van der Waals surface area contributed by atoms with Crippen LogP contribution in [0.5, 0.6) is 0 Å². The quantitative estimate of drug-likeness (QED) is 0.595. The minimum absolute atomic E-state index is 0.393. The molecule has 0 spiro atoms. The van der Waals surface area contributed by atoms with E-state index >= 15 is 0 Å². The largest absolute Gasteiger partial charge is 0.383 e. The maximum absolute atomic E-state index is 6.04. The van der Waals surface area contributed by atoms with Crippen molar-refractivity contribution >= 4 is 40.0 Å². The third-order valence-electron chi connectivity index (χ3n) is 2.36. The molecule has 0 aromatic rings. The normalized spacial score (nSPS) is 18.8. The van der Waals surface area contributed by atoms with Crippen LogP contribution < -0.4 is 11.1 Å². The summed E-state index contributed by atoms with van der Waals surface area (Å²) in [5.74, 6) is 1.13. The first kappa shape index (κ1) is 14.6. The molecule has 1 aliphatic rings. The van der Waals surface area contributed by atoms with Gasteiger partial charge in [0.05, 0.1) is 3.58 Å². The van der Waals surface area contributed by atoms with Gasteiger partial charge in [-0.3, -0.25) is 0 Å². The Morgan fingerprint density at radius 1 is 1.35 bits per heavy atom. The molecule has 0 aromatic heterocycles. The van der Waals surface area contributed by atoms with Crippen molar-refractivity contribution < 1.29 is 0 Å². The first-order chi connectivity index (χ1) is 7.82. The summed E-state index contributed by atoms with van der Waals surface area (Å²) in [5, 5.41) is 3.55. The van der Waals surface area contributed by atoms with E-state index in [1.165, 1.54) is 0 Å². The van der Waals surface area contributed by atoms with Gasteiger partial charge in [-0.25, -0.2) is 4.99 Å². The summed E-state index contributed by atoms with van der Waals surface area (Å²) in [6.07, 6.45) is 1.95. The molecule has 0 bridgehead atoms. The Labute approximate surface area is 121 Å². The van der Waals surface area contributed by atoms with Crippen molar-refractivity contribution in [3.05, 3.63) is 20.8 Å². The maximum Gasteiger partial charge on any atom is 0.149 e. The smallest absolute Gasteiger partial charge is 0.149 e. The highest BCUT2D eigenvalue weighted by molar-refractivity contribution is 14.1. The van der Waals surface area contributed by atoms with Crippen LogP contribution in [-0.2, 0) is 0 Å². The van der Waals surface area contributed by atoms with Crippen molar-refractivity contribution in [3.8, 4) is 0 Å². The zero-order valence-electron chi connectivity index (χ0n) is 10.5. The Balaban J connectivity index is 2.96. The summed E-state index contributed by atoms with van der Waals surface area (Å²) >= 11 is 8.11. The summed E-state index contributed by atoms with van der Waals surface area (Å²) in [4.78, 5) is 6.47. The molecule has 0 unspecified atom stereocenters. The van der Waals surface area contributed by atoms with E-state index in [-0.39, 0.29) is 0 Å². The molecule has 4 nitrogen and oxygen atoms in total. The van der Waals surface area contributed by atoms with Crippen molar-refractivity contribution in [2.75, 3.05) is 0 Å². The molecule has 0 fully saturated rings. The summed E-state index contributed by atoms with van der Waals surface area (Å²) in [6, 6.07) is 0.786. The molecule has 1 rings (SSSR count). The van der Waals surface area contributed by atoms with Crippen molar-refractivity contribution in [2.45, 2.75) is 39.8 Å². The van der Waals surface area contributed by atoms with Gasteiger partial charge in [0.25, 0.3) is 0 Å². The highest BCUT2D eigenvalue weighted by Crippen LogP contribution is 2.21. The zero-order valence-corrected chi connectivity index (χ0v) is 13.4. The van der Waals surface area contributed by atoms with E-state index in [1.807, 2.05) is 6.20 Å². The maximum atomic E-state index is 6.04. The second-order valence-electron chi connectivity index (χ2n) is 4.40. The zero-order chi connectivity index (χ0) is 13.2. The van der Waals surface area contributed by atoms with E-state index in [1.54, 1.807) is 0 Å². The molecule has 17 heavy (non-hydrogen) atoms. The molecule has 0 saturated heterocycles. The number of hydrogen-bond donors (Lipinski definition) is 2. The summed E-state index contributed by atoms with van der Waals surface area (Å²) in [6.45, 7) is 8.53.